The second-order valence-electron chi connectivity index (χ2n) is 10.4. The molecule has 4 fully saturated rings. The number of carbonyl (C=O) groups excluding carboxylic acids is 1. The summed E-state index contributed by atoms with van der Waals surface area (Å²) < 4.78 is 52.3. The van der Waals surface area contributed by atoms with Crippen molar-refractivity contribution < 1.29 is 27.4 Å². The number of nitrogens with zero attached hydrogens (tertiary/aromatic N) is 2. The molecule has 10 heteroatoms. The van der Waals surface area contributed by atoms with Gasteiger partial charge in [0.2, 0.25) is 5.91 Å². The average molecular weight is 532 g/mol. The van der Waals surface area contributed by atoms with E-state index < -0.39 is 17.3 Å². The first-order chi connectivity index (χ1) is 17.6. The van der Waals surface area contributed by atoms with Crippen LogP contribution in [0.1, 0.15) is 49.7 Å². The monoisotopic (exact) mass is 531 g/mol. The summed E-state index contributed by atoms with van der Waals surface area (Å²) in [5.74, 6) is 2.37. The molecule has 0 atom stereocenters. The number of carbonyl (C=O) groups is 1. The number of nitrogens with one attached hydrogen (secondary N) is 1. The summed E-state index contributed by atoms with van der Waals surface area (Å²) in [4.78, 5) is 17.4. The molecule has 1 aromatic heterocycles. The van der Waals surface area contributed by atoms with Gasteiger partial charge in [-0.15, -0.1) is 0 Å². The zero-order valence-corrected chi connectivity index (χ0v) is 21.5. The van der Waals surface area contributed by atoms with E-state index in [0.29, 0.717) is 34.8 Å². The molecule has 196 valence electrons. The van der Waals surface area contributed by atoms with Crippen molar-refractivity contribution in [2.24, 2.45) is 17.8 Å². The van der Waals surface area contributed by atoms with Crippen LogP contribution < -0.4 is 14.8 Å². The Morgan fingerprint density at radius 2 is 1.73 bits per heavy atom. The number of alkyl halides is 3. The zero-order valence-electron chi connectivity index (χ0n) is 20.7. The predicted molar refractivity (Wildman–Crippen MR) is 132 cm³/mol. The number of hydrogen-bond acceptors (Lipinski definition) is 6. The van der Waals surface area contributed by atoms with E-state index in [4.69, 9.17) is 9.47 Å². The van der Waals surface area contributed by atoms with E-state index in [1.807, 2.05) is 0 Å². The van der Waals surface area contributed by atoms with Gasteiger partial charge in [-0.05, 0) is 80.5 Å². The Morgan fingerprint density at radius 1 is 1.11 bits per heavy atom. The fraction of sp³-hybridized carbons (Fsp3) is 0.519. The molecule has 0 spiro atoms. The van der Waals surface area contributed by atoms with Crippen LogP contribution in [0.25, 0.3) is 11.3 Å². The predicted octanol–water partition coefficient (Wildman–Crippen LogP) is 5.83. The molecule has 0 saturated heterocycles. The fourth-order valence-corrected chi connectivity index (χ4v) is 7.63. The fourth-order valence-electron chi connectivity index (χ4n) is 6.83. The molecular formula is C27H28F3N3O3S. The van der Waals surface area contributed by atoms with E-state index in [1.54, 1.807) is 18.2 Å². The minimum Gasteiger partial charge on any atom is -0.493 e. The molecule has 1 amide bonds. The highest BCUT2D eigenvalue weighted by molar-refractivity contribution is 8.00. The second kappa shape index (κ2) is 9.75. The first kappa shape index (κ1) is 25.7. The highest BCUT2D eigenvalue weighted by Crippen LogP contribution is 2.55. The van der Waals surface area contributed by atoms with Gasteiger partial charge >= 0.3 is 6.18 Å². The standard InChI is InChI=1S/C27H28F3N3O3S/c1-35-22-4-3-18(8-23(22)36-2)21-9-20(27(28,29)30)19(13-31)25(32-21)37-14-24(34)33-26-10-15-5-16(11-26)7-17(6-15)12-26/h3-4,8-9,15-17H,5-7,10-12,14H2,1-2H3,(H,33,34). The van der Waals surface area contributed by atoms with Gasteiger partial charge in [-0.2, -0.15) is 18.4 Å². The van der Waals surface area contributed by atoms with Crippen LogP contribution in [-0.4, -0.2) is 36.4 Å². The summed E-state index contributed by atoms with van der Waals surface area (Å²) in [5.41, 5.74) is -1.47. The summed E-state index contributed by atoms with van der Waals surface area (Å²) in [7, 11) is 2.89. The first-order valence-corrected chi connectivity index (χ1v) is 13.3. The number of pyridine rings is 1. The number of thioether (sulfide) groups is 1. The number of methoxy groups -OCH3 is 2. The van der Waals surface area contributed by atoms with Crippen molar-refractivity contribution in [2.75, 3.05) is 20.0 Å². The minimum atomic E-state index is -4.77. The molecule has 0 unspecified atom stereocenters. The second-order valence-corrected chi connectivity index (χ2v) is 11.4. The van der Waals surface area contributed by atoms with Crippen LogP contribution in [0.2, 0.25) is 0 Å². The summed E-state index contributed by atoms with van der Waals surface area (Å²) >= 11 is 0.863. The maximum absolute atomic E-state index is 14.0. The van der Waals surface area contributed by atoms with Crippen LogP contribution in [0.3, 0.4) is 0 Å². The van der Waals surface area contributed by atoms with Crippen molar-refractivity contribution in [3.63, 3.8) is 0 Å². The van der Waals surface area contributed by atoms with E-state index in [9.17, 15) is 23.2 Å². The van der Waals surface area contributed by atoms with Crippen LogP contribution in [0.15, 0.2) is 29.3 Å². The van der Waals surface area contributed by atoms with Gasteiger partial charge < -0.3 is 14.8 Å². The molecule has 4 saturated carbocycles. The average Bonchev–Trinajstić information content (AvgIpc) is 2.84. The van der Waals surface area contributed by atoms with E-state index >= 15 is 0 Å². The van der Waals surface area contributed by atoms with E-state index in [2.05, 4.69) is 10.3 Å². The largest absolute Gasteiger partial charge is 0.493 e. The van der Waals surface area contributed by atoms with Gasteiger partial charge in [0.05, 0.1) is 36.8 Å². The smallest absolute Gasteiger partial charge is 0.417 e. The summed E-state index contributed by atoms with van der Waals surface area (Å²) in [6, 6.07) is 7.20. The van der Waals surface area contributed by atoms with Crippen molar-refractivity contribution >= 4 is 17.7 Å². The molecule has 1 heterocycles. The third-order valence-corrected chi connectivity index (χ3v) is 8.84. The van der Waals surface area contributed by atoms with Crippen LogP contribution in [0.4, 0.5) is 13.2 Å². The highest BCUT2D eigenvalue weighted by atomic mass is 32.2. The summed E-state index contributed by atoms with van der Waals surface area (Å²) in [5, 5.41) is 12.7. The van der Waals surface area contributed by atoms with Crippen molar-refractivity contribution in [2.45, 2.75) is 55.3 Å². The van der Waals surface area contributed by atoms with Gasteiger partial charge in [0, 0.05) is 11.1 Å². The van der Waals surface area contributed by atoms with Gasteiger partial charge in [0.15, 0.2) is 11.5 Å². The number of ether oxygens (including phenoxy) is 2. The topological polar surface area (TPSA) is 84.2 Å². The number of aromatic nitrogens is 1. The SMILES string of the molecule is COc1ccc(-c2cc(C(F)(F)F)c(C#N)c(SCC(=O)NC34CC5CC(CC(C5)C3)C4)n2)cc1OC. The van der Waals surface area contributed by atoms with Gasteiger partial charge in [0.1, 0.15) is 11.1 Å². The molecule has 0 aliphatic heterocycles. The van der Waals surface area contributed by atoms with Crippen molar-refractivity contribution in [3.05, 3.63) is 35.4 Å². The van der Waals surface area contributed by atoms with Crippen LogP contribution >= 0.6 is 11.8 Å². The molecule has 4 aliphatic carbocycles. The Labute approximate surface area is 217 Å². The maximum atomic E-state index is 14.0. The molecule has 37 heavy (non-hydrogen) atoms. The third kappa shape index (κ3) is 5.11. The van der Waals surface area contributed by atoms with Crippen molar-refractivity contribution in [1.82, 2.24) is 10.3 Å². The number of halogens is 3. The lowest BCUT2D eigenvalue weighted by molar-refractivity contribution is -0.138. The quantitative estimate of drug-likeness (QED) is 0.453. The molecule has 1 aromatic carbocycles. The Hall–Kier alpha value is -2.93. The van der Waals surface area contributed by atoms with E-state index in [-0.39, 0.29) is 27.9 Å². The Morgan fingerprint density at radius 3 is 2.27 bits per heavy atom. The lowest BCUT2D eigenvalue weighted by Gasteiger charge is -2.56. The third-order valence-electron chi connectivity index (χ3n) is 7.87. The van der Waals surface area contributed by atoms with Crippen molar-refractivity contribution in [3.8, 4) is 28.8 Å². The Kier molecular flexibility index (Phi) is 6.77. The summed E-state index contributed by atoms with van der Waals surface area (Å²) in [6.07, 6.45) is 1.88. The van der Waals surface area contributed by atoms with Crippen LogP contribution in [-0.2, 0) is 11.0 Å². The maximum Gasteiger partial charge on any atom is 0.417 e. The van der Waals surface area contributed by atoms with E-state index in [0.717, 1.165) is 37.1 Å². The molecule has 2 aromatic rings. The minimum absolute atomic E-state index is 0.0243. The van der Waals surface area contributed by atoms with E-state index in [1.165, 1.54) is 39.5 Å². The molecule has 1 N–H and O–H groups in total. The molecule has 6 nitrogen and oxygen atoms in total. The molecule has 6 rings (SSSR count). The first-order valence-electron chi connectivity index (χ1n) is 12.3. The summed E-state index contributed by atoms with van der Waals surface area (Å²) in [6.45, 7) is 0. The number of rotatable bonds is 7. The molecular weight excluding hydrogens is 503 g/mol. The van der Waals surface area contributed by atoms with Gasteiger partial charge in [0.25, 0.3) is 0 Å². The molecule has 4 aliphatic rings. The number of hydrogen-bond donors (Lipinski definition) is 1. The van der Waals surface area contributed by atoms with Crippen molar-refractivity contribution in [1.29, 1.82) is 5.26 Å². The van der Waals surface area contributed by atoms with Gasteiger partial charge in [-0.25, -0.2) is 4.98 Å². The highest BCUT2D eigenvalue weighted by Gasteiger charge is 2.51. The number of benzene rings is 1. The number of nitriles is 1. The van der Waals surface area contributed by atoms with Crippen LogP contribution in [0.5, 0.6) is 11.5 Å². The Bertz CT molecular complexity index is 1220. The molecule has 0 radical (unpaired) electrons. The van der Waals surface area contributed by atoms with Gasteiger partial charge in [-0.1, -0.05) is 11.8 Å². The van der Waals surface area contributed by atoms with Crippen LogP contribution in [0, 0.1) is 29.1 Å². The molecule has 4 bridgehead atoms. The zero-order chi connectivity index (χ0) is 26.4. The lowest BCUT2D eigenvalue weighted by Crippen LogP contribution is -2.60. The normalized spacial score (nSPS) is 26.0. The number of amides is 1. The van der Waals surface area contributed by atoms with Gasteiger partial charge in [-0.3, -0.25) is 4.79 Å². The Balaban J connectivity index is 1.41. The lowest BCUT2D eigenvalue weighted by atomic mass is 9.53.